The van der Waals surface area contributed by atoms with Crippen LogP contribution in [-0.4, -0.2) is 32.8 Å². The normalized spacial score (nSPS) is 10.9. The van der Waals surface area contributed by atoms with E-state index in [-0.39, 0.29) is 5.69 Å². The van der Waals surface area contributed by atoms with Crippen LogP contribution >= 0.6 is 11.6 Å². The fourth-order valence-corrected chi connectivity index (χ4v) is 2.34. The summed E-state index contributed by atoms with van der Waals surface area (Å²) in [4.78, 5) is 15.9. The zero-order chi connectivity index (χ0) is 15.9. The van der Waals surface area contributed by atoms with Gasteiger partial charge in [-0.05, 0) is 25.1 Å². The van der Waals surface area contributed by atoms with Crippen LogP contribution in [0.1, 0.15) is 16.2 Å². The lowest BCUT2D eigenvalue weighted by Gasteiger charge is -2.07. The van der Waals surface area contributed by atoms with Crippen LogP contribution in [0, 0.1) is 6.92 Å². The molecule has 1 aromatic carbocycles. The molecule has 0 atom stereocenters. The van der Waals surface area contributed by atoms with Gasteiger partial charge in [0.1, 0.15) is 10.8 Å². The molecule has 22 heavy (non-hydrogen) atoms. The second-order valence-corrected chi connectivity index (χ2v) is 5.08. The lowest BCUT2D eigenvalue weighted by Crippen LogP contribution is -2.08. The van der Waals surface area contributed by atoms with E-state index in [0.717, 1.165) is 5.56 Å². The monoisotopic (exact) mass is 317 g/mol. The number of carbonyl (C=O) groups is 1. The van der Waals surface area contributed by atoms with E-state index >= 15 is 0 Å². The Balaban J connectivity index is 2.30. The Morgan fingerprint density at radius 1 is 1.36 bits per heavy atom. The highest BCUT2D eigenvalue weighted by Crippen LogP contribution is 2.27. The molecular formula is C15H12ClN3O3. The van der Waals surface area contributed by atoms with Crippen molar-refractivity contribution in [2.24, 2.45) is 0 Å². The Morgan fingerprint density at radius 3 is 2.82 bits per heavy atom. The second-order valence-electron chi connectivity index (χ2n) is 4.70. The molecule has 2 heterocycles. The van der Waals surface area contributed by atoms with Crippen LogP contribution in [0.4, 0.5) is 0 Å². The Labute approximate surface area is 130 Å². The quantitative estimate of drug-likeness (QED) is 0.803. The molecule has 0 amide bonds. The summed E-state index contributed by atoms with van der Waals surface area (Å²) in [5.41, 5.74) is 2.07. The minimum Gasteiger partial charge on any atom is -0.497 e. The van der Waals surface area contributed by atoms with E-state index in [4.69, 9.17) is 16.3 Å². The molecule has 0 unspecified atom stereocenters. The average Bonchev–Trinajstić information content (AvgIpc) is 2.81. The van der Waals surface area contributed by atoms with Crippen molar-refractivity contribution in [2.75, 3.05) is 7.11 Å². The Hall–Kier alpha value is -2.60. The third-order valence-electron chi connectivity index (χ3n) is 3.28. The largest absolute Gasteiger partial charge is 0.497 e. The lowest BCUT2D eigenvalue weighted by molar-refractivity contribution is 0.0687. The van der Waals surface area contributed by atoms with Gasteiger partial charge in [-0.1, -0.05) is 23.7 Å². The van der Waals surface area contributed by atoms with Gasteiger partial charge in [-0.3, -0.25) is 0 Å². The minimum absolute atomic E-state index is 0.00202. The summed E-state index contributed by atoms with van der Waals surface area (Å²) < 4.78 is 6.42. The van der Waals surface area contributed by atoms with Crippen LogP contribution in [0.2, 0.25) is 5.02 Å². The molecule has 0 aliphatic heterocycles. The number of halogens is 1. The highest BCUT2D eigenvalue weighted by atomic mass is 35.5. The third kappa shape index (κ3) is 2.27. The minimum atomic E-state index is -1.10. The fraction of sp³-hybridized carbons (Fsp3) is 0.133. The second kappa shape index (κ2) is 5.31. The molecule has 3 aromatic rings. The molecule has 0 spiro atoms. The maximum atomic E-state index is 11.5. The number of aromatic carboxylic acids is 1. The molecule has 2 aromatic heterocycles. The average molecular weight is 318 g/mol. The molecular weight excluding hydrogens is 306 g/mol. The summed E-state index contributed by atoms with van der Waals surface area (Å²) in [5.74, 6) is -0.442. The predicted octanol–water partition coefficient (Wildman–Crippen LogP) is 3.06. The van der Waals surface area contributed by atoms with E-state index in [2.05, 4.69) is 10.1 Å². The molecule has 112 valence electrons. The van der Waals surface area contributed by atoms with Crippen LogP contribution in [0.25, 0.3) is 16.9 Å². The van der Waals surface area contributed by atoms with Gasteiger partial charge in [-0.25, -0.2) is 14.3 Å². The first-order valence-corrected chi connectivity index (χ1v) is 6.82. The summed E-state index contributed by atoms with van der Waals surface area (Å²) in [6.45, 7) is 1.70. The number of carboxylic acids is 1. The zero-order valence-corrected chi connectivity index (χ0v) is 12.6. The van der Waals surface area contributed by atoms with E-state index < -0.39 is 5.97 Å². The Bertz CT molecular complexity index is 889. The van der Waals surface area contributed by atoms with Crippen LogP contribution in [0.15, 0.2) is 30.3 Å². The smallest absolute Gasteiger partial charge is 0.354 e. The highest BCUT2D eigenvalue weighted by molar-refractivity contribution is 6.34. The van der Waals surface area contributed by atoms with Crippen molar-refractivity contribution in [3.8, 4) is 17.0 Å². The molecule has 0 aliphatic carbocycles. The zero-order valence-electron chi connectivity index (χ0n) is 11.9. The van der Waals surface area contributed by atoms with Crippen molar-refractivity contribution in [3.63, 3.8) is 0 Å². The van der Waals surface area contributed by atoms with Gasteiger partial charge in [0.05, 0.1) is 18.5 Å². The summed E-state index contributed by atoms with van der Waals surface area (Å²) in [5, 5.41) is 13.9. The van der Waals surface area contributed by atoms with E-state index in [9.17, 15) is 9.90 Å². The number of aryl methyl sites for hydroxylation is 1. The summed E-state index contributed by atoms with van der Waals surface area (Å²) >= 11 is 6.17. The van der Waals surface area contributed by atoms with Crippen molar-refractivity contribution in [1.82, 2.24) is 14.6 Å². The van der Waals surface area contributed by atoms with Gasteiger partial charge in [0, 0.05) is 5.56 Å². The summed E-state index contributed by atoms with van der Waals surface area (Å²) in [6, 6.07) is 8.68. The molecule has 0 saturated heterocycles. The van der Waals surface area contributed by atoms with Crippen molar-refractivity contribution >= 4 is 23.2 Å². The molecule has 0 bridgehead atoms. The number of aromatic nitrogens is 3. The van der Waals surface area contributed by atoms with Crippen LogP contribution < -0.4 is 4.74 Å². The number of methoxy groups -OCH3 is 1. The molecule has 6 nitrogen and oxygen atoms in total. The number of carboxylic acid groups (broad SMARTS) is 1. The molecule has 1 N–H and O–H groups in total. The first kappa shape index (κ1) is 14.3. The Kier molecular flexibility index (Phi) is 3.46. The molecule has 7 heteroatoms. The molecule has 3 rings (SSSR count). The fourth-order valence-electron chi connectivity index (χ4n) is 2.18. The van der Waals surface area contributed by atoms with Gasteiger partial charge >= 0.3 is 5.97 Å². The van der Waals surface area contributed by atoms with Crippen LogP contribution in [0.5, 0.6) is 5.75 Å². The first-order valence-electron chi connectivity index (χ1n) is 6.45. The van der Waals surface area contributed by atoms with Crippen LogP contribution in [-0.2, 0) is 0 Å². The third-order valence-corrected chi connectivity index (χ3v) is 3.72. The molecule has 0 aliphatic rings. The maximum absolute atomic E-state index is 11.5. The molecule has 0 saturated carbocycles. The van der Waals surface area contributed by atoms with Crippen molar-refractivity contribution < 1.29 is 14.6 Å². The van der Waals surface area contributed by atoms with E-state index in [0.29, 0.717) is 27.8 Å². The van der Waals surface area contributed by atoms with Crippen molar-refractivity contribution in [2.45, 2.75) is 6.92 Å². The number of hydrogen-bond donors (Lipinski definition) is 1. The summed E-state index contributed by atoms with van der Waals surface area (Å²) in [6.07, 6.45) is 0. The number of hydrogen-bond acceptors (Lipinski definition) is 4. The van der Waals surface area contributed by atoms with Gasteiger partial charge < -0.3 is 9.84 Å². The first-order chi connectivity index (χ1) is 10.5. The predicted molar refractivity (Wildman–Crippen MR) is 81.7 cm³/mol. The van der Waals surface area contributed by atoms with Crippen molar-refractivity contribution in [3.05, 3.63) is 46.7 Å². The van der Waals surface area contributed by atoms with Crippen LogP contribution in [0.3, 0.4) is 0 Å². The van der Waals surface area contributed by atoms with Gasteiger partial charge in [0.25, 0.3) is 0 Å². The van der Waals surface area contributed by atoms with E-state index in [1.807, 2.05) is 12.1 Å². The standard InChI is InChI=1S/C15H12ClN3O3/c1-8-13(16)14-17-11(7-12(15(20)21)19(14)18-8)9-4-3-5-10(6-9)22-2/h3-7H,1-2H3,(H,20,21). The maximum Gasteiger partial charge on any atom is 0.354 e. The Morgan fingerprint density at radius 2 is 2.14 bits per heavy atom. The highest BCUT2D eigenvalue weighted by Gasteiger charge is 2.18. The number of ether oxygens (including phenoxy) is 1. The summed E-state index contributed by atoms with van der Waals surface area (Å²) in [7, 11) is 1.57. The van der Waals surface area contributed by atoms with E-state index in [1.54, 1.807) is 26.2 Å². The SMILES string of the molecule is COc1cccc(-c2cc(C(=O)O)n3nc(C)c(Cl)c3n2)c1. The lowest BCUT2D eigenvalue weighted by atomic mass is 10.1. The van der Waals surface area contributed by atoms with Gasteiger partial charge in [0.2, 0.25) is 0 Å². The van der Waals surface area contributed by atoms with Crippen molar-refractivity contribution in [1.29, 1.82) is 0 Å². The topological polar surface area (TPSA) is 76.7 Å². The molecule has 0 radical (unpaired) electrons. The molecule has 0 fully saturated rings. The van der Waals surface area contributed by atoms with E-state index in [1.165, 1.54) is 10.6 Å². The number of benzene rings is 1. The number of rotatable bonds is 3. The van der Waals surface area contributed by atoms with Gasteiger partial charge in [0.15, 0.2) is 11.3 Å². The van der Waals surface area contributed by atoms with Gasteiger partial charge in [-0.2, -0.15) is 5.10 Å². The number of nitrogens with zero attached hydrogens (tertiary/aromatic N) is 3. The van der Waals surface area contributed by atoms with Gasteiger partial charge in [-0.15, -0.1) is 0 Å². The number of fused-ring (bicyclic) bond motifs is 1.